The van der Waals surface area contributed by atoms with Crippen molar-refractivity contribution in [2.45, 2.75) is 38.6 Å². The topological polar surface area (TPSA) is 58.2 Å². The number of thiophene rings is 1. The lowest BCUT2D eigenvalue weighted by Crippen LogP contribution is -2.27. The summed E-state index contributed by atoms with van der Waals surface area (Å²) in [5.41, 5.74) is 0. The Bertz CT molecular complexity index is 452. The van der Waals surface area contributed by atoms with E-state index < -0.39 is 10.0 Å². The summed E-state index contributed by atoms with van der Waals surface area (Å²) in [6, 6.07) is 1.75. The van der Waals surface area contributed by atoms with Crippen molar-refractivity contribution in [3.8, 4) is 0 Å². The first-order valence-corrected chi connectivity index (χ1v) is 8.59. The van der Waals surface area contributed by atoms with Crippen LogP contribution in [0.25, 0.3) is 0 Å². The molecule has 1 aromatic heterocycles. The quantitative estimate of drug-likeness (QED) is 0.722. The fourth-order valence-electron chi connectivity index (χ4n) is 1.34. The maximum absolute atomic E-state index is 12.0. The third-order valence-electron chi connectivity index (χ3n) is 2.35. The first kappa shape index (κ1) is 15.6. The highest BCUT2D eigenvalue weighted by Crippen LogP contribution is 2.19. The van der Waals surface area contributed by atoms with E-state index in [1.807, 2.05) is 13.8 Å². The highest BCUT2D eigenvalue weighted by atomic mass is 32.2. The van der Waals surface area contributed by atoms with Crippen molar-refractivity contribution in [1.29, 1.82) is 0 Å². The molecule has 2 N–H and O–H groups in total. The van der Waals surface area contributed by atoms with Gasteiger partial charge in [0.1, 0.15) is 0 Å². The SMILES string of the molecule is CCCNCc1cc(S(=O)(=O)NCC(C)C)cs1. The predicted molar refractivity (Wildman–Crippen MR) is 76.3 cm³/mol. The molecule has 0 aliphatic heterocycles. The number of sulfonamides is 1. The van der Waals surface area contributed by atoms with E-state index in [0.29, 0.717) is 17.4 Å². The molecule has 0 aliphatic rings. The first-order chi connectivity index (χ1) is 8.45. The number of hydrogen-bond acceptors (Lipinski definition) is 4. The van der Waals surface area contributed by atoms with Gasteiger partial charge in [-0.05, 0) is 24.9 Å². The monoisotopic (exact) mass is 290 g/mol. The summed E-state index contributed by atoms with van der Waals surface area (Å²) >= 11 is 1.48. The second-order valence-electron chi connectivity index (χ2n) is 4.67. The Morgan fingerprint density at radius 2 is 2.11 bits per heavy atom. The molecule has 0 saturated heterocycles. The highest BCUT2D eigenvalue weighted by molar-refractivity contribution is 7.89. The van der Waals surface area contributed by atoms with E-state index in [1.165, 1.54) is 11.3 Å². The van der Waals surface area contributed by atoms with Gasteiger partial charge in [0.15, 0.2) is 0 Å². The molecule has 0 bridgehead atoms. The van der Waals surface area contributed by atoms with Gasteiger partial charge < -0.3 is 5.32 Å². The van der Waals surface area contributed by atoms with Crippen LogP contribution in [0.1, 0.15) is 32.1 Å². The molecule has 0 unspecified atom stereocenters. The molecule has 104 valence electrons. The Labute approximate surface area is 114 Å². The fourth-order valence-corrected chi connectivity index (χ4v) is 3.80. The zero-order valence-corrected chi connectivity index (χ0v) is 12.8. The Hall–Kier alpha value is -0.430. The molecule has 0 aliphatic carbocycles. The van der Waals surface area contributed by atoms with Gasteiger partial charge >= 0.3 is 0 Å². The van der Waals surface area contributed by atoms with Crippen LogP contribution in [-0.4, -0.2) is 21.5 Å². The molecule has 0 aromatic carbocycles. The number of rotatable bonds is 8. The lowest BCUT2D eigenvalue weighted by atomic mass is 10.2. The average molecular weight is 290 g/mol. The summed E-state index contributed by atoms with van der Waals surface area (Å²) in [7, 11) is -3.33. The second kappa shape index (κ2) is 7.23. The van der Waals surface area contributed by atoms with Crippen LogP contribution >= 0.6 is 11.3 Å². The zero-order valence-electron chi connectivity index (χ0n) is 11.2. The van der Waals surface area contributed by atoms with Gasteiger partial charge in [-0.2, -0.15) is 0 Å². The summed E-state index contributed by atoms with van der Waals surface area (Å²) in [4.78, 5) is 1.43. The largest absolute Gasteiger partial charge is 0.312 e. The normalized spacial score (nSPS) is 12.2. The summed E-state index contributed by atoms with van der Waals surface area (Å²) in [6.07, 6.45) is 1.08. The van der Waals surface area contributed by atoms with Gasteiger partial charge in [-0.3, -0.25) is 0 Å². The fraction of sp³-hybridized carbons (Fsp3) is 0.667. The maximum Gasteiger partial charge on any atom is 0.241 e. The molecule has 0 atom stereocenters. The van der Waals surface area contributed by atoms with Crippen LogP contribution in [0, 0.1) is 5.92 Å². The van der Waals surface area contributed by atoms with Gasteiger partial charge in [0.05, 0.1) is 4.90 Å². The third kappa shape index (κ3) is 5.06. The molecule has 0 spiro atoms. The van der Waals surface area contributed by atoms with Gasteiger partial charge in [0.25, 0.3) is 0 Å². The van der Waals surface area contributed by atoms with Crippen molar-refractivity contribution in [1.82, 2.24) is 10.0 Å². The van der Waals surface area contributed by atoms with Crippen molar-refractivity contribution < 1.29 is 8.42 Å². The van der Waals surface area contributed by atoms with E-state index in [9.17, 15) is 8.42 Å². The number of hydrogen-bond donors (Lipinski definition) is 2. The van der Waals surface area contributed by atoms with E-state index >= 15 is 0 Å². The molecule has 0 saturated carbocycles. The molecular weight excluding hydrogens is 268 g/mol. The van der Waals surface area contributed by atoms with Gasteiger partial charge in [-0.1, -0.05) is 20.8 Å². The van der Waals surface area contributed by atoms with E-state index in [-0.39, 0.29) is 0 Å². The Kier molecular flexibility index (Phi) is 6.28. The molecule has 1 aromatic rings. The van der Waals surface area contributed by atoms with E-state index in [2.05, 4.69) is 17.0 Å². The molecule has 4 nitrogen and oxygen atoms in total. The van der Waals surface area contributed by atoms with E-state index in [0.717, 1.165) is 24.4 Å². The minimum absolute atomic E-state index is 0.309. The Morgan fingerprint density at radius 1 is 1.39 bits per heavy atom. The van der Waals surface area contributed by atoms with Crippen LogP contribution in [-0.2, 0) is 16.6 Å². The van der Waals surface area contributed by atoms with Gasteiger partial charge in [0, 0.05) is 23.3 Å². The molecule has 1 rings (SSSR count). The summed E-state index contributed by atoms with van der Waals surface area (Å²) in [5, 5.41) is 4.96. The van der Waals surface area contributed by atoms with Crippen molar-refractivity contribution in [3.05, 3.63) is 16.3 Å². The molecule has 1 heterocycles. The molecule has 0 fully saturated rings. The van der Waals surface area contributed by atoms with Crippen LogP contribution in [0.5, 0.6) is 0 Å². The van der Waals surface area contributed by atoms with Crippen LogP contribution in [0.4, 0.5) is 0 Å². The summed E-state index contributed by atoms with van der Waals surface area (Å²) in [5.74, 6) is 0.309. The molecule has 0 radical (unpaired) electrons. The van der Waals surface area contributed by atoms with Gasteiger partial charge in [-0.25, -0.2) is 13.1 Å². The second-order valence-corrected chi connectivity index (χ2v) is 7.43. The molecule has 0 amide bonds. The lowest BCUT2D eigenvalue weighted by Gasteiger charge is -2.06. The van der Waals surface area contributed by atoms with Crippen LogP contribution in [0.2, 0.25) is 0 Å². The lowest BCUT2D eigenvalue weighted by molar-refractivity contribution is 0.560. The number of nitrogens with one attached hydrogen (secondary N) is 2. The molecular formula is C12H22N2O2S2. The first-order valence-electron chi connectivity index (χ1n) is 6.23. The standard InChI is InChI=1S/C12H22N2O2S2/c1-4-5-13-8-11-6-12(9-17-11)18(15,16)14-7-10(2)3/h6,9-10,13-14H,4-5,7-8H2,1-3H3. The van der Waals surface area contributed by atoms with E-state index in [1.54, 1.807) is 11.4 Å². The summed E-state index contributed by atoms with van der Waals surface area (Å²) in [6.45, 7) is 8.23. The Morgan fingerprint density at radius 3 is 2.72 bits per heavy atom. The average Bonchev–Trinajstić information content (AvgIpc) is 2.76. The molecule has 18 heavy (non-hydrogen) atoms. The van der Waals surface area contributed by atoms with Crippen molar-refractivity contribution in [2.75, 3.05) is 13.1 Å². The van der Waals surface area contributed by atoms with Crippen LogP contribution < -0.4 is 10.0 Å². The summed E-state index contributed by atoms with van der Waals surface area (Å²) < 4.78 is 26.5. The minimum Gasteiger partial charge on any atom is -0.312 e. The highest BCUT2D eigenvalue weighted by Gasteiger charge is 2.16. The minimum atomic E-state index is -3.33. The molecule has 6 heteroatoms. The van der Waals surface area contributed by atoms with Crippen LogP contribution in [0.15, 0.2) is 16.3 Å². The zero-order chi connectivity index (χ0) is 13.6. The van der Waals surface area contributed by atoms with Gasteiger partial charge in [0.2, 0.25) is 10.0 Å². The van der Waals surface area contributed by atoms with Crippen molar-refractivity contribution >= 4 is 21.4 Å². The van der Waals surface area contributed by atoms with Crippen LogP contribution in [0.3, 0.4) is 0 Å². The third-order valence-corrected chi connectivity index (χ3v) is 4.84. The Balaban J connectivity index is 2.60. The maximum atomic E-state index is 12.0. The van der Waals surface area contributed by atoms with Crippen molar-refractivity contribution in [3.63, 3.8) is 0 Å². The van der Waals surface area contributed by atoms with Crippen molar-refractivity contribution in [2.24, 2.45) is 5.92 Å². The smallest absolute Gasteiger partial charge is 0.241 e. The van der Waals surface area contributed by atoms with E-state index in [4.69, 9.17) is 0 Å². The van der Waals surface area contributed by atoms with Gasteiger partial charge in [-0.15, -0.1) is 11.3 Å². The predicted octanol–water partition coefficient (Wildman–Crippen LogP) is 2.18.